The molecule has 0 aliphatic heterocycles. The fourth-order valence-electron chi connectivity index (χ4n) is 8.23. The number of para-hydroxylation sites is 3. The molecule has 0 saturated carbocycles. The van der Waals surface area contributed by atoms with Crippen molar-refractivity contribution in [2.45, 2.75) is 0 Å². The maximum atomic E-state index is 11.1. The van der Waals surface area contributed by atoms with E-state index in [4.69, 9.17) is 9.97 Å². The highest BCUT2D eigenvalue weighted by Gasteiger charge is 2.22. The second-order valence-electron chi connectivity index (χ2n) is 14.1. The molecule has 3 heterocycles. The average molecular weight is 705 g/mol. The number of nitrogens with one attached hydrogen (secondary N) is 1. The van der Waals surface area contributed by atoms with E-state index in [9.17, 15) is 5.11 Å². The summed E-state index contributed by atoms with van der Waals surface area (Å²) in [6.45, 7) is 0. The molecular formula is C50H32N4O. The number of imidazole rings is 1. The summed E-state index contributed by atoms with van der Waals surface area (Å²) in [6, 6.07) is 63.0. The van der Waals surface area contributed by atoms with Crippen LogP contribution in [-0.4, -0.2) is 24.6 Å². The van der Waals surface area contributed by atoms with Crippen LogP contribution in [0.4, 0.5) is 0 Å². The van der Waals surface area contributed by atoms with Gasteiger partial charge in [-0.05, 0) is 81.6 Å². The summed E-state index contributed by atoms with van der Waals surface area (Å²) in [7, 11) is 0. The molecule has 5 nitrogen and oxygen atoms in total. The summed E-state index contributed by atoms with van der Waals surface area (Å²) < 4.78 is 2.28. The van der Waals surface area contributed by atoms with E-state index in [-0.39, 0.29) is 5.75 Å². The zero-order valence-corrected chi connectivity index (χ0v) is 29.6. The second-order valence-corrected chi connectivity index (χ2v) is 14.1. The van der Waals surface area contributed by atoms with Crippen LogP contribution in [-0.2, 0) is 0 Å². The van der Waals surface area contributed by atoms with Gasteiger partial charge in [0.05, 0.1) is 22.2 Å². The molecule has 0 aliphatic rings. The van der Waals surface area contributed by atoms with Gasteiger partial charge in [-0.25, -0.2) is 9.97 Å². The highest BCUT2D eigenvalue weighted by atomic mass is 16.3. The van der Waals surface area contributed by atoms with Crippen LogP contribution in [0.25, 0.3) is 105 Å². The van der Waals surface area contributed by atoms with Crippen molar-refractivity contribution in [3.63, 3.8) is 0 Å². The molecule has 0 bridgehead atoms. The van der Waals surface area contributed by atoms with Crippen LogP contribution in [0.15, 0.2) is 182 Å². The molecule has 0 aliphatic carbocycles. The lowest BCUT2D eigenvalue weighted by atomic mass is 9.97. The number of pyridine rings is 1. The Bertz CT molecular complexity index is 3270. The molecule has 258 valence electrons. The summed E-state index contributed by atoms with van der Waals surface area (Å²) in [5.74, 6) is 0.965. The van der Waals surface area contributed by atoms with E-state index in [1.54, 1.807) is 6.07 Å². The minimum Gasteiger partial charge on any atom is -0.506 e. The molecule has 0 radical (unpaired) electrons. The lowest BCUT2D eigenvalue weighted by Gasteiger charge is -2.13. The standard InChI is InChI=1S/C50H32N4O/c55-46-26-12-22-37-41(32-15-5-2-6-16-32)30-44(52-49(37)46)39-23-11-25-45-48(39)53-50(54(45)36-20-9-19-33(27-36)31-13-3-1-4-14-31)40-24-10-21-38-42-28-34-17-7-8-18-35(34)29-43(42)51-47(38)40/h1-30,51,55H. The van der Waals surface area contributed by atoms with Crippen molar-refractivity contribution >= 4 is 54.5 Å². The summed E-state index contributed by atoms with van der Waals surface area (Å²) in [5.41, 5.74) is 12.4. The van der Waals surface area contributed by atoms with Gasteiger partial charge in [-0.1, -0.05) is 133 Å². The molecule has 0 saturated heterocycles. The number of benzene rings is 8. The van der Waals surface area contributed by atoms with Gasteiger partial charge < -0.3 is 10.1 Å². The molecule has 0 unspecified atom stereocenters. The van der Waals surface area contributed by atoms with Crippen LogP contribution in [0, 0.1) is 0 Å². The number of aromatic hydroxyl groups is 1. The molecule has 55 heavy (non-hydrogen) atoms. The van der Waals surface area contributed by atoms with Crippen molar-refractivity contribution in [2.75, 3.05) is 0 Å². The molecule has 0 fully saturated rings. The Labute approximate surface area is 316 Å². The van der Waals surface area contributed by atoms with Crippen molar-refractivity contribution in [1.82, 2.24) is 19.5 Å². The van der Waals surface area contributed by atoms with Gasteiger partial charge in [0.25, 0.3) is 0 Å². The largest absolute Gasteiger partial charge is 0.506 e. The molecule has 11 rings (SSSR count). The number of phenols is 1. The number of hydrogen-bond donors (Lipinski definition) is 2. The second kappa shape index (κ2) is 12.3. The Morgan fingerprint density at radius 3 is 1.96 bits per heavy atom. The summed E-state index contributed by atoms with van der Waals surface area (Å²) >= 11 is 0. The number of rotatable bonds is 5. The minimum absolute atomic E-state index is 0.144. The lowest BCUT2D eigenvalue weighted by molar-refractivity contribution is 0.480. The fourth-order valence-corrected chi connectivity index (χ4v) is 8.23. The van der Waals surface area contributed by atoms with E-state index in [1.165, 1.54) is 16.2 Å². The minimum atomic E-state index is 0.144. The zero-order valence-electron chi connectivity index (χ0n) is 29.6. The number of hydrogen-bond acceptors (Lipinski definition) is 3. The summed E-state index contributed by atoms with van der Waals surface area (Å²) in [5, 5.41) is 16.8. The van der Waals surface area contributed by atoms with E-state index >= 15 is 0 Å². The monoisotopic (exact) mass is 704 g/mol. The third kappa shape index (κ3) is 5.02. The van der Waals surface area contributed by atoms with Crippen molar-refractivity contribution in [2.24, 2.45) is 0 Å². The predicted molar refractivity (Wildman–Crippen MR) is 227 cm³/mol. The molecular weight excluding hydrogens is 673 g/mol. The van der Waals surface area contributed by atoms with Gasteiger partial charge in [0.1, 0.15) is 17.1 Å². The van der Waals surface area contributed by atoms with Crippen molar-refractivity contribution in [1.29, 1.82) is 0 Å². The van der Waals surface area contributed by atoms with Gasteiger partial charge in [-0.15, -0.1) is 0 Å². The van der Waals surface area contributed by atoms with E-state index in [0.717, 1.165) is 83.4 Å². The Hall–Kier alpha value is -7.50. The van der Waals surface area contributed by atoms with Gasteiger partial charge in [0.2, 0.25) is 0 Å². The zero-order chi connectivity index (χ0) is 36.5. The first-order valence-electron chi connectivity index (χ1n) is 18.5. The van der Waals surface area contributed by atoms with Crippen LogP contribution >= 0.6 is 0 Å². The molecule has 11 aromatic rings. The maximum Gasteiger partial charge on any atom is 0.147 e. The molecule has 0 spiro atoms. The summed E-state index contributed by atoms with van der Waals surface area (Å²) in [6.07, 6.45) is 0. The third-order valence-corrected chi connectivity index (χ3v) is 10.8. The fraction of sp³-hybridized carbons (Fsp3) is 0. The van der Waals surface area contributed by atoms with Gasteiger partial charge in [-0.2, -0.15) is 0 Å². The smallest absolute Gasteiger partial charge is 0.147 e. The van der Waals surface area contributed by atoms with E-state index in [2.05, 4.69) is 149 Å². The Kier molecular flexibility index (Phi) is 6.94. The third-order valence-electron chi connectivity index (χ3n) is 10.8. The Morgan fingerprint density at radius 2 is 1.13 bits per heavy atom. The lowest BCUT2D eigenvalue weighted by Crippen LogP contribution is -1.98. The molecule has 3 aromatic heterocycles. The first kappa shape index (κ1) is 31.1. The molecule has 0 atom stereocenters. The van der Waals surface area contributed by atoms with Crippen molar-refractivity contribution in [3.05, 3.63) is 182 Å². The van der Waals surface area contributed by atoms with Crippen molar-refractivity contribution < 1.29 is 5.11 Å². The Balaban J connectivity index is 1.21. The number of fused-ring (bicyclic) bond motifs is 6. The number of phenolic OH excluding ortho intramolecular Hbond substituents is 1. The van der Waals surface area contributed by atoms with Gasteiger partial charge in [-0.3, -0.25) is 4.57 Å². The summed E-state index contributed by atoms with van der Waals surface area (Å²) in [4.78, 5) is 14.5. The van der Waals surface area contributed by atoms with E-state index < -0.39 is 0 Å². The van der Waals surface area contributed by atoms with Crippen LogP contribution in [0.2, 0.25) is 0 Å². The van der Waals surface area contributed by atoms with Gasteiger partial charge >= 0.3 is 0 Å². The highest BCUT2D eigenvalue weighted by molar-refractivity contribution is 6.15. The van der Waals surface area contributed by atoms with E-state index in [0.29, 0.717) is 5.52 Å². The molecule has 5 heteroatoms. The number of aromatic amines is 1. The first-order chi connectivity index (χ1) is 27.2. The Morgan fingerprint density at radius 1 is 0.455 bits per heavy atom. The number of H-pyrrole nitrogens is 1. The first-order valence-corrected chi connectivity index (χ1v) is 18.5. The molecule has 0 amide bonds. The van der Waals surface area contributed by atoms with Crippen LogP contribution in [0.5, 0.6) is 5.75 Å². The number of aromatic nitrogens is 4. The highest BCUT2D eigenvalue weighted by Crippen LogP contribution is 2.41. The SMILES string of the molecule is Oc1cccc2c(-c3ccccc3)cc(-c3cccc4c3nc(-c3cccc5c3[nH]c3cc6ccccc6cc35)n4-c3cccc(-c4ccccc4)c3)nc12. The average Bonchev–Trinajstić information content (AvgIpc) is 3.82. The molecule has 8 aromatic carbocycles. The quantitative estimate of drug-likeness (QED) is 0.187. The van der Waals surface area contributed by atoms with Gasteiger partial charge in [0, 0.05) is 38.5 Å². The van der Waals surface area contributed by atoms with Crippen LogP contribution in [0.3, 0.4) is 0 Å². The normalized spacial score (nSPS) is 11.7. The van der Waals surface area contributed by atoms with Crippen molar-refractivity contribution in [3.8, 4) is 56.3 Å². The van der Waals surface area contributed by atoms with Crippen LogP contribution in [0.1, 0.15) is 0 Å². The predicted octanol–water partition coefficient (Wildman–Crippen LogP) is 12.7. The van der Waals surface area contributed by atoms with E-state index in [1.807, 2.05) is 36.4 Å². The van der Waals surface area contributed by atoms with Crippen LogP contribution < -0.4 is 0 Å². The topological polar surface area (TPSA) is 66.7 Å². The maximum absolute atomic E-state index is 11.1. The molecule has 2 N–H and O–H groups in total. The number of nitrogens with zero attached hydrogens (tertiary/aromatic N) is 3. The van der Waals surface area contributed by atoms with Gasteiger partial charge in [0.15, 0.2) is 0 Å².